The number of rotatable bonds is 4. The molecule has 114 valence electrons. The fourth-order valence-electron chi connectivity index (χ4n) is 2.74. The van der Waals surface area contributed by atoms with E-state index in [1.54, 1.807) is 6.92 Å². The van der Waals surface area contributed by atoms with Crippen molar-refractivity contribution in [3.8, 4) is 0 Å². The molecule has 0 spiro atoms. The second kappa shape index (κ2) is 5.69. The number of imide groups is 1. The van der Waals surface area contributed by atoms with Gasteiger partial charge >= 0.3 is 6.03 Å². The zero-order valence-electron chi connectivity index (χ0n) is 11.8. The van der Waals surface area contributed by atoms with Gasteiger partial charge in [0.1, 0.15) is 6.04 Å². The summed E-state index contributed by atoms with van der Waals surface area (Å²) in [6, 6.07) is -1.04. The SMILES string of the molecule is CCCS(=O)(=O)N1CCC(N2C(=O)N[C@@H](C)C2=O)CC1. The van der Waals surface area contributed by atoms with Gasteiger partial charge in [0.05, 0.1) is 5.75 Å². The lowest BCUT2D eigenvalue weighted by Gasteiger charge is -2.34. The molecule has 2 aliphatic rings. The molecule has 2 fully saturated rings. The van der Waals surface area contributed by atoms with Crippen molar-refractivity contribution in [2.45, 2.75) is 45.2 Å². The van der Waals surface area contributed by atoms with E-state index < -0.39 is 16.1 Å². The lowest BCUT2D eigenvalue weighted by molar-refractivity contribution is -0.129. The van der Waals surface area contributed by atoms with E-state index in [0.717, 1.165) is 0 Å². The van der Waals surface area contributed by atoms with Crippen LogP contribution < -0.4 is 5.32 Å². The monoisotopic (exact) mass is 303 g/mol. The Labute approximate surface area is 119 Å². The van der Waals surface area contributed by atoms with Crippen molar-refractivity contribution < 1.29 is 18.0 Å². The van der Waals surface area contributed by atoms with Crippen molar-refractivity contribution >= 4 is 22.0 Å². The second-order valence-electron chi connectivity index (χ2n) is 5.33. The van der Waals surface area contributed by atoms with Gasteiger partial charge in [0.2, 0.25) is 10.0 Å². The quantitative estimate of drug-likeness (QED) is 0.748. The van der Waals surface area contributed by atoms with Crippen LogP contribution in [-0.4, -0.2) is 60.5 Å². The molecular weight excluding hydrogens is 282 g/mol. The van der Waals surface area contributed by atoms with Crippen molar-refractivity contribution in [1.29, 1.82) is 0 Å². The lowest BCUT2D eigenvalue weighted by Crippen LogP contribution is -2.49. The summed E-state index contributed by atoms with van der Waals surface area (Å²) in [5.41, 5.74) is 0. The Morgan fingerprint density at radius 2 is 1.85 bits per heavy atom. The summed E-state index contributed by atoms with van der Waals surface area (Å²) in [6.07, 6.45) is 1.61. The zero-order valence-corrected chi connectivity index (χ0v) is 12.6. The van der Waals surface area contributed by atoms with Gasteiger partial charge in [0.15, 0.2) is 0 Å². The number of hydrogen-bond acceptors (Lipinski definition) is 4. The van der Waals surface area contributed by atoms with Crippen LogP contribution >= 0.6 is 0 Å². The number of amides is 3. The number of hydrogen-bond donors (Lipinski definition) is 1. The summed E-state index contributed by atoms with van der Waals surface area (Å²) in [5, 5.41) is 2.58. The van der Waals surface area contributed by atoms with E-state index in [0.29, 0.717) is 32.4 Å². The average molecular weight is 303 g/mol. The maximum atomic E-state index is 12.0. The topological polar surface area (TPSA) is 86.8 Å². The summed E-state index contributed by atoms with van der Waals surface area (Å²) in [7, 11) is -3.19. The summed E-state index contributed by atoms with van der Waals surface area (Å²) in [5.74, 6) is -0.0671. The lowest BCUT2D eigenvalue weighted by atomic mass is 10.1. The van der Waals surface area contributed by atoms with Gasteiger partial charge < -0.3 is 5.32 Å². The van der Waals surface area contributed by atoms with Gasteiger partial charge in [-0.3, -0.25) is 9.69 Å². The first kappa shape index (κ1) is 15.2. The Morgan fingerprint density at radius 3 is 2.30 bits per heavy atom. The molecule has 2 saturated heterocycles. The van der Waals surface area contributed by atoms with E-state index in [9.17, 15) is 18.0 Å². The van der Waals surface area contributed by atoms with Crippen LogP contribution in [0.2, 0.25) is 0 Å². The molecule has 1 atom stereocenters. The van der Waals surface area contributed by atoms with Gasteiger partial charge in [0.25, 0.3) is 5.91 Å². The molecule has 0 bridgehead atoms. The highest BCUT2D eigenvalue weighted by Crippen LogP contribution is 2.22. The molecule has 8 heteroatoms. The van der Waals surface area contributed by atoms with Gasteiger partial charge in [-0.05, 0) is 26.2 Å². The third-order valence-electron chi connectivity index (χ3n) is 3.81. The summed E-state index contributed by atoms with van der Waals surface area (Å²) < 4.78 is 25.4. The Bertz CT molecular complexity index is 497. The van der Waals surface area contributed by atoms with E-state index >= 15 is 0 Å². The number of carbonyl (C=O) groups is 2. The van der Waals surface area contributed by atoms with E-state index in [4.69, 9.17) is 0 Å². The normalized spacial score (nSPS) is 26.1. The Balaban J connectivity index is 1.98. The highest BCUT2D eigenvalue weighted by atomic mass is 32.2. The molecule has 2 heterocycles. The molecule has 0 aromatic carbocycles. The van der Waals surface area contributed by atoms with E-state index in [-0.39, 0.29) is 23.7 Å². The van der Waals surface area contributed by atoms with Gasteiger partial charge in [-0.25, -0.2) is 17.5 Å². The Hall–Kier alpha value is -1.15. The first-order valence-corrected chi connectivity index (χ1v) is 8.59. The maximum Gasteiger partial charge on any atom is 0.325 e. The smallest absolute Gasteiger partial charge is 0.325 e. The molecule has 2 rings (SSSR count). The van der Waals surface area contributed by atoms with Crippen molar-refractivity contribution in [2.24, 2.45) is 0 Å². The molecule has 0 aromatic heterocycles. The van der Waals surface area contributed by atoms with E-state index in [1.807, 2.05) is 6.92 Å². The minimum atomic E-state index is -3.19. The average Bonchev–Trinajstić information content (AvgIpc) is 2.63. The number of urea groups is 1. The van der Waals surface area contributed by atoms with Crippen LogP contribution in [0.3, 0.4) is 0 Å². The van der Waals surface area contributed by atoms with Crippen molar-refractivity contribution in [3.05, 3.63) is 0 Å². The van der Waals surface area contributed by atoms with E-state index in [1.165, 1.54) is 9.21 Å². The third-order valence-corrected chi connectivity index (χ3v) is 5.89. The zero-order chi connectivity index (χ0) is 14.9. The number of sulfonamides is 1. The van der Waals surface area contributed by atoms with Crippen molar-refractivity contribution in [3.63, 3.8) is 0 Å². The second-order valence-corrected chi connectivity index (χ2v) is 7.41. The van der Waals surface area contributed by atoms with Crippen LogP contribution in [0, 0.1) is 0 Å². The molecule has 0 saturated carbocycles. The number of nitrogens with zero attached hydrogens (tertiary/aromatic N) is 2. The predicted molar refractivity (Wildman–Crippen MR) is 73.5 cm³/mol. The molecule has 3 amide bonds. The first-order valence-electron chi connectivity index (χ1n) is 6.98. The fraction of sp³-hybridized carbons (Fsp3) is 0.833. The standard InChI is InChI=1S/C12H21N3O4S/c1-3-8-20(18,19)14-6-4-10(5-7-14)15-11(16)9(2)13-12(15)17/h9-10H,3-8H2,1-2H3,(H,13,17)/t9-/m0/s1. The third kappa shape index (κ3) is 2.80. The molecule has 0 aromatic rings. The van der Waals surface area contributed by atoms with Crippen LogP contribution in [0.25, 0.3) is 0 Å². The van der Waals surface area contributed by atoms with Crippen LogP contribution in [0.4, 0.5) is 4.79 Å². The minimum Gasteiger partial charge on any atom is -0.326 e. The minimum absolute atomic E-state index is 0.151. The molecule has 0 aliphatic carbocycles. The van der Waals surface area contributed by atoms with Crippen molar-refractivity contribution in [1.82, 2.24) is 14.5 Å². The number of carbonyl (C=O) groups excluding carboxylic acids is 2. The highest BCUT2D eigenvalue weighted by Gasteiger charge is 2.41. The van der Waals surface area contributed by atoms with Gasteiger partial charge in [-0.15, -0.1) is 0 Å². The van der Waals surface area contributed by atoms with Gasteiger partial charge in [-0.1, -0.05) is 6.92 Å². The van der Waals surface area contributed by atoms with Gasteiger partial charge in [-0.2, -0.15) is 0 Å². The molecule has 20 heavy (non-hydrogen) atoms. The first-order chi connectivity index (χ1) is 9.36. The highest BCUT2D eigenvalue weighted by molar-refractivity contribution is 7.89. The van der Waals surface area contributed by atoms with Gasteiger partial charge in [0, 0.05) is 19.1 Å². The van der Waals surface area contributed by atoms with Crippen LogP contribution in [0.5, 0.6) is 0 Å². The van der Waals surface area contributed by atoms with E-state index in [2.05, 4.69) is 5.32 Å². The molecule has 7 nitrogen and oxygen atoms in total. The number of nitrogens with one attached hydrogen (secondary N) is 1. The Kier molecular flexibility index (Phi) is 4.33. The molecule has 1 N–H and O–H groups in total. The molecular formula is C12H21N3O4S. The maximum absolute atomic E-state index is 12.0. The summed E-state index contributed by atoms with van der Waals surface area (Å²) in [4.78, 5) is 24.9. The van der Waals surface area contributed by atoms with Crippen LogP contribution in [0.1, 0.15) is 33.1 Å². The number of piperidine rings is 1. The Morgan fingerprint density at radius 1 is 1.25 bits per heavy atom. The summed E-state index contributed by atoms with van der Waals surface area (Å²) >= 11 is 0. The fourth-order valence-corrected chi connectivity index (χ4v) is 4.28. The summed E-state index contributed by atoms with van der Waals surface area (Å²) in [6.45, 7) is 4.23. The van der Waals surface area contributed by atoms with Crippen LogP contribution in [0.15, 0.2) is 0 Å². The largest absolute Gasteiger partial charge is 0.326 e. The predicted octanol–water partition coefficient (Wildman–Crippen LogP) is 0.131. The molecule has 0 radical (unpaired) electrons. The van der Waals surface area contributed by atoms with Crippen LogP contribution in [-0.2, 0) is 14.8 Å². The molecule has 2 aliphatic heterocycles. The van der Waals surface area contributed by atoms with Crippen molar-refractivity contribution in [2.75, 3.05) is 18.8 Å². The molecule has 0 unspecified atom stereocenters.